The number of aromatic nitrogens is 2. The van der Waals surface area contributed by atoms with Gasteiger partial charge in [-0.3, -0.25) is 14.3 Å². The lowest BCUT2D eigenvalue weighted by molar-refractivity contribution is 0.101. The van der Waals surface area contributed by atoms with Gasteiger partial charge in [0.15, 0.2) is 15.8 Å². The van der Waals surface area contributed by atoms with Crippen molar-refractivity contribution >= 4 is 33.1 Å². The molecule has 0 aliphatic heterocycles. The number of benzene rings is 1. The van der Waals surface area contributed by atoms with Gasteiger partial charge in [0.1, 0.15) is 18.1 Å². The Morgan fingerprint density at radius 1 is 1.07 bits per heavy atom. The molecule has 3 N–H and O–H groups in total. The van der Waals surface area contributed by atoms with E-state index < -0.39 is 10.1 Å². The number of Topliss-reactive ketones (excluding diaryl/α,β-unsaturated/α-hetero) is 1. The summed E-state index contributed by atoms with van der Waals surface area (Å²) in [4.78, 5) is 17.2. The van der Waals surface area contributed by atoms with Crippen LogP contribution in [0.4, 0.5) is 5.82 Å². The molecule has 0 spiro atoms. The molecule has 0 bridgehead atoms. The Morgan fingerprint density at radius 2 is 1.78 bits per heavy atom. The lowest BCUT2D eigenvalue weighted by Crippen LogP contribution is -2.07. The highest BCUT2D eigenvalue weighted by Crippen LogP contribution is 2.37. The lowest BCUT2D eigenvalue weighted by Gasteiger charge is -2.15. The minimum absolute atomic E-state index is 0.0874. The molecule has 0 unspecified atom stereocenters. The summed E-state index contributed by atoms with van der Waals surface area (Å²) >= 11 is 1.03. The smallest absolute Gasteiger partial charge is 0.304 e. The maximum atomic E-state index is 12.1. The van der Waals surface area contributed by atoms with Gasteiger partial charge in [-0.05, 0) is 77.3 Å². The minimum atomic E-state index is -4.36. The average Bonchev–Trinajstić information content (AvgIpc) is 3.43. The Bertz CT molecular complexity index is 1640. The van der Waals surface area contributed by atoms with Gasteiger partial charge in [-0.2, -0.15) is 8.42 Å². The van der Waals surface area contributed by atoms with E-state index in [0.29, 0.717) is 40.6 Å². The molecule has 41 heavy (non-hydrogen) atoms. The number of carbonyl (C=O) groups is 1. The fraction of sp³-hybridized carbons (Fsp3) is 0.345. The molecule has 0 radical (unpaired) electrons. The largest absolute Gasteiger partial charge is 0.488 e. The Labute approximate surface area is 244 Å². The first-order chi connectivity index (χ1) is 19.2. The standard InChI is InChI=1S/C24H27NO6S2.C5H8N2O/c1-6-30-13-19-11-18(12-31-22-9-14(2)25-16(4)23(22)17(5)26)7-8-20(19)21-10-15(3)32-24(21)33(27,28)29;1-3-4(2)8-7-5(3)6/h7-11H,6,12-13H2,1-5H3,(H,27,28,29);1-2H3,(H2,6,7). The van der Waals surface area contributed by atoms with Crippen LogP contribution in [0.5, 0.6) is 5.75 Å². The molecule has 3 heterocycles. The number of rotatable bonds is 9. The van der Waals surface area contributed by atoms with Gasteiger partial charge in [-0.1, -0.05) is 17.3 Å². The van der Waals surface area contributed by atoms with E-state index in [4.69, 9.17) is 19.7 Å². The van der Waals surface area contributed by atoms with Crippen molar-refractivity contribution in [1.82, 2.24) is 10.1 Å². The van der Waals surface area contributed by atoms with Crippen molar-refractivity contribution in [2.75, 3.05) is 12.3 Å². The molecule has 220 valence electrons. The molecule has 0 aliphatic carbocycles. The zero-order valence-corrected chi connectivity index (χ0v) is 25.8. The number of carbonyl (C=O) groups excluding carboxylic acids is 1. The fourth-order valence-corrected chi connectivity index (χ4v) is 6.14. The van der Waals surface area contributed by atoms with Gasteiger partial charge in [0.25, 0.3) is 0 Å². The van der Waals surface area contributed by atoms with Crippen LogP contribution in [0.1, 0.15) is 62.9 Å². The van der Waals surface area contributed by atoms with Crippen molar-refractivity contribution in [3.8, 4) is 16.9 Å². The van der Waals surface area contributed by atoms with E-state index in [1.807, 2.05) is 39.8 Å². The number of pyridine rings is 1. The maximum Gasteiger partial charge on any atom is 0.304 e. The lowest BCUT2D eigenvalue weighted by atomic mass is 9.99. The summed E-state index contributed by atoms with van der Waals surface area (Å²) in [5.41, 5.74) is 10.8. The van der Waals surface area contributed by atoms with E-state index in [1.54, 1.807) is 32.0 Å². The van der Waals surface area contributed by atoms with E-state index >= 15 is 0 Å². The normalized spacial score (nSPS) is 11.2. The molecule has 0 fully saturated rings. The summed E-state index contributed by atoms with van der Waals surface area (Å²) in [7, 11) is -4.36. The Balaban J connectivity index is 0.000000496. The molecule has 10 nitrogen and oxygen atoms in total. The molecule has 3 aromatic heterocycles. The first kappa shape index (κ1) is 31.9. The van der Waals surface area contributed by atoms with Gasteiger partial charge in [0.2, 0.25) is 0 Å². The predicted octanol–water partition coefficient (Wildman–Crippen LogP) is 6.17. The maximum absolute atomic E-state index is 12.1. The molecule has 0 saturated carbocycles. The first-order valence-electron chi connectivity index (χ1n) is 12.8. The molecule has 0 atom stereocenters. The zero-order valence-electron chi connectivity index (χ0n) is 24.2. The Morgan fingerprint density at radius 3 is 2.32 bits per heavy atom. The second-order valence-corrected chi connectivity index (χ2v) is 12.4. The van der Waals surface area contributed by atoms with Gasteiger partial charge in [0, 0.05) is 34.4 Å². The van der Waals surface area contributed by atoms with Crippen molar-refractivity contribution in [3.05, 3.63) is 74.6 Å². The number of aryl methyl sites for hydroxylation is 4. The molecule has 0 aliphatic rings. The number of ether oxygens (including phenoxy) is 2. The highest BCUT2D eigenvalue weighted by molar-refractivity contribution is 7.88. The van der Waals surface area contributed by atoms with E-state index in [1.165, 1.54) is 6.92 Å². The fourth-order valence-electron chi connectivity index (χ4n) is 4.13. The summed E-state index contributed by atoms with van der Waals surface area (Å²) in [5, 5.41) is 3.52. The highest BCUT2D eigenvalue weighted by atomic mass is 32.3. The van der Waals surface area contributed by atoms with Crippen LogP contribution in [0.3, 0.4) is 0 Å². The number of ketones is 1. The summed E-state index contributed by atoms with van der Waals surface area (Å²) in [6.45, 7) is 13.4. The molecule has 4 rings (SSSR count). The average molecular weight is 602 g/mol. The van der Waals surface area contributed by atoms with Gasteiger partial charge in [0.05, 0.1) is 17.9 Å². The summed E-state index contributed by atoms with van der Waals surface area (Å²) in [5.74, 6) is 1.64. The van der Waals surface area contributed by atoms with Crippen LogP contribution in [0.2, 0.25) is 0 Å². The summed E-state index contributed by atoms with van der Waals surface area (Å²) in [6.07, 6.45) is 0. The van der Waals surface area contributed by atoms with Crippen LogP contribution >= 0.6 is 11.3 Å². The second-order valence-electron chi connectivity index (χ2n) is 9.48. The predicted molar refractivity (Wildman–Crippen MR) is 158 cm³/mol. The first-order valence-corrected chi connectivity index (χ1v) is 15.1. The molecule has 1 aromatic carbocycles. The topological polar surface area (TPSA) is 155 Å². The molecular weight excluding hydrogens is 566 g/mol. The van der Waals surface area contributed by atoms with Crippen LogP contribution in [-0.2, 0) is 28.1 Å². The number of nitrogens with zero attached hydrogens (tertiary/aromatic N) is 2. The molecule has 12 heteroatoms. The third-order valence-corrected chi connectivity index (χ3v) is 8.62. The van der Waals surface area contributed by atoms with Crippen molar-refractivity contribution in [2.24, 2.45) is 0 Å². The Hall–Kier alpha value is -3.58. The van der Waals surface area contributed by atoms with E-state index in [0.717, 1.165) is 44.4 Å². The van der Waals surface area contributed by atoms with Crippen molar-refractivity contribution in [3.63, 3.8) is 0 Å². The van der Waals surface area contributed by atoms with E-state index in [-0.39, 0.29) is 23.2 Å². The molecule has 4 aromatic rings. The van der Waals surface area contributed by atoms with Crippen LogP contribution in [-0.4, -0.2) is 35.5 Å². The number of nitrogen functional groups attached to an aromatic ring is 1. The monoisotopic (exact) mass is 601 g/mol. The molecule has 0 amide bonds. The van der Waals surface area contributed by atoms with Gasteiger partial charge >= 0.3 is 10.1 Å². The Kier molecular flexibility index (Phi) is 10.4. The highest BCUT2D eigenvalue weighted by Gasteiger charge is 2.22. The second kappa shape index (κ2) is 13.4. The molecular formula is C29H35N3O7S2. The summed E-state index contributed by atoms with van der Waals surface area (Å²) in [6, 6.07) is 9.01. The number of anilines is 1. The summed E-state index contributed by atoms with van der Waals surface area (Å²) < 4.78 is 49.8. The zero-order chi connectivity index (χ0) is 30.5. The van der Waals surface area contributed by atoms with E-state index in [9.17, 15) is 17.8 Å². The molecule has 0 saturated heterocycles. The SMILES string of the molecule is CCOCc1cc(COc2cc(C)nc(C)c2C(C)=O)ccc1-c1cc(C)sc1S(=O)(=O)O.Cc1onc(N)c1C. The quantitative estimate of drug-likeness (QED) is 0.168. The number of thiophene rings is 1. The van der Waals surface area contributed by atoms with E-state index in [2.05, 4.69) is 10.1 Å². The van der Waals surface area contributed by atoms with Gasteiger partial charge in [-0.25, -0.2) is 0 Å². The van der Waals surface area contributed by atoms with Crippen LogP contribution in [0.15, 0.2) is 39.1 Å². The number of hydrogen-bond donors (Lipinski definition) is 2. The van der Waals surface area contributed by atoms with Crippen molar-refractivity contribution in [1.29, 1.82) is 0 Å². The third-order valence-electron chi connectivity index (χ3n) is 6.21. The third kappa shape index (κ3) is 8.00. The minimum Gasteiger partial charge on any atom is -0.488 e. The van der Waals surface area contributed by atoms with Gasteiger partial charge < -0.3 is 19.7 Å². The number of nitrogens with two attached hydrogens (primary N) is 1. The van der Waals surface area contributed by atoms with Crippen LogP contribution < -0.4 is 10.5 Å². The number of hydrogen-bond acceptors (Lipinski definition) is 10. The van der Waals surface area contributed by atoms with Gasteiger partial charge in [-0.15, -0.1) is 11.3 Å². The van der Waals surface area contributed by atoms with Crippen molar-refractivity contribution in [2.45, 2.75) is 65.9 Å². The van der Waals surface area contributed by atoms with Crippen LogP contribution in [0, 0.1) is 34.6 Å². The van der Waals surface area contributed by atoms with Crippen molar-refractivity contribution < 1.29 is 31.8 Å². The van der Waals surface area contributed by atoms with Crippen LogP contribution in [0.25, 0.3) is 11.1 Å².